The third kappa shape index (κ3) is 5.85. The summed E-state index contributed by atoms with van der Waals surface area (Å²) in [5.41, 5.74) is 1.20. The van der Waals surface area contributed by atoms with E-state index in [0.717, 1.165) is 11.8 Å². The standard InChI is InChI=1S/C19H12BrClN2O6S/c20-13-7-10(1-6-14(13)28-9-16(24)25)8-15(18(26)27)30-19-23-22-17(29-19)11-2-4-12(21)5-3-11/h1-8H,9H2,(H,24,25)(H,26,27)/b15-8+. The van der Waals surface area contributed by atoms with Crippen LogP contribution in [-0.2, 0) is 9.59 Å². The molecule has 0 aliphatic heterocycles. The van der Waals surface area contributed by atoms with Crippen LogP contribution in [0.25, 0.3) is 17.5 Å². The molecule has 0 amide bonds. The Morgan fingerprint density at radius 2 is 1.90 bits per heavy atom. The molecule has 30 heavy (non-hydrogen) atoms. The second-order valence-corrected chi connectivity index (χ2v) is 7.95. The highest BCUT2D eigenvalue weighted by Crippen LogP contribution is 2.32. The number of aliphatic carboxylic acids is 2. The van der Waals surface area contributed by atoms with E-state index in [4.69, 9.17) is 25.9 Å². The minimum atomic E-state index is -1.17. The molecule has 0 saturated heterocycles. The van der Waals surface area contributed by atoms with Gasteiger partial charge in [0, 0.05) is 10.6 Å². The topological polar surface area (TPSA) is 123 Å². The summed E-state index contributed by atoms with van der Waals surface area (Å²) < 4.78 is 11.1. The van der Waals surface area contributed by atoms with Gasteiger partial charge in [-0.1, -0.05) is 17.7 Å². The molecule has 3 aromatic rings. The van der Waals surface area contributed by atoms with Crippen LogP contribution in [0.5, 0.6) is 5.75 Å². The van der Waals surface area contributed by atoms with Crippen LogP contribution in [0.3, 0.4) is 0 Å². The smallest absolute Gasteiger partial charge is 0.342 e. The first-order chi connectivity index (χ1) is 14.3. The lowest BCUT2D eigenvalue weighted by Crippen LogP contribution is -2.09. The zero-order valence-corrected chi connectivity index (χ0v) is 18.1. The lowest BCUT2D eigenvalue weighted by Gasteiger charge is -2.07. The molecule has 1 aromatic heterocycles. The van der Waals surface area contributed by atoms with Gasteiger partial charge in [0.05, 0.1) is 4.47 Å². The Kier molecular flexibility index (Phi) is 7.14. The number of carbonyl (C=O) groups is 2. The van der Waals surface area contributed by atoms with Gasteiger partial charge in [0.2, 0.25) is 5.89 Å². The molecule has 0 aliphatic carbocycles. The predicted molar refractivity (Wildman–Crippen MR) is 113 cm³/mol. The van der Waals surface area contributed by atoms with Crippen LogP contribution in [-0.4, -0.2) is 39.0 Å². The fourth-order valence-corrected chi connectivity index (χ4v) is 3.51. The van der Waals surface area contributed by atoms with Crippen LogP contribution >= 0.6 is 39.3 Å². The number of halogens is 2. The highest BCUT2D eigenvalue weighted by Gasteiger charge is 2.16. The number of thioether (sulfide) groups is 1. The zero-order chi connectivity index (χ0) is 21.7. The first-order valence-corrected chi connectivity index (χ1v) is 10.2. The van der Waals surface area contributed by atoms with E-state index in [0.29, 0.717) is 26.4 Å². The van der Waals surface area contributed by atoms with Gasteiger partial charge in [0.1, 0.15) is 10.7 Å². The van der Waals surface area contributed by atoms with Crippen LogP contribution in [0.15, 0.2) is 61.5 Å². The van der Waals surface area contributed by atoms with Crippen LogP contribution in [0.1, 0.15) is 5.56 Å². The number of benzene rings is 2. The number of hydrogen-bond donors (Lipinski definition) is 2. The number of aromatic nitrogens is 2. The lowest BCUT2D eigenvalue weighted by molar-refractivity contribution is -0.139. The van der Waals surface area contributed by atoms with Gasteiger partial charge in [-0.05, 0) is 75.7 Å². The SMILES string of the molecule is O=C(O)COc1ccc(/C=C(/Sc2nnc(-c3ccc(Cl)cc3)o2)C(=O)O)cc1Br. The molecule has 0 bridgehead atoms. The maximum absolute atomic E-state index is 11.7. The molecule has 0 fully saturated rings. The van der Waals surface area contributed by atoms with Crippen LogP contribution in [0.4, 0.5) is 0 Å². The summed E-state index contributed by atoms with van der Waals surface area (Å²) in [6.07, 6.45) is 1.42. The molecule has 0 atom stereocenters. The van der Waals surface area contributed by atoms with Crippen molar-refractivity contribution < 1.29 is 29.0 Å². The van der Waals surface area contributed by atoms with Gasteiger partial charge >= 0.3 is 11.9 Å². The Morgan fingerprint density at radius 1 is 1.17 bits per heavy atom. The van der Waals surface area contributed by atoms with Gasteiger partial charge in [-0.3, -0.25) is 0 Å². The Hall–Kier alpha value is -2.82. The average molecular weight is 512 g/mol. The van der Waals surface area contributed by atoms with E-state index in [1.807, 2.05) is 0 Å². The van der Waals surface area contributed by atoms with E-state index >= 15 is 0 Å². The van der Waals surface area contributed by atoms with Gasteiger partial charge in [0.25, 0.3) is 5.22 Å². The lowest BCUT2D eigenvalue weighted by atomic mass is 10.2. The largest absolute Gasteiger partial charge is 0.481 e. The Balaban J connectivity index is 1.78. The highest BCUT2D eigenvalue weighted by molar-refractivity contribution is 9.10. The summed E-state index contributed by atoms with van der Waals surface area (Å²) in [5.74, 6) is -1.72. The molecule has 2 N–H and O–H groups in total. The van der Waals surface area contributed by atoms with Crippen molar-refractivity contribution >= 4 is 57.3 Å². The molecule has 11 heteroatoms. The van der Waals surface area contributed by atoms with Crippen molar-refractivity contribution in [1.82, 2.24) is 10.2 Å². The van der Waals surface area contributed by atoms with Gasteiger partial charge in [-0.15, -0.1) is 10.2 Å². The van der Waals surface area contributed by atoms with Crippen molar-refractivity contribution in [2.75, 3.05) is 6.61 Å². The quantitative estimate of drug-likeness (QED) is 0.323. The normalized spacial score (nSPS) is 11.3. The maximum atomic E-state index is 11.7. The van der Waals surface area contributed by atoms with E-state index in [2.05, 4.69) is 26.1 Å². The Labute approximate surface area is 187 Å². The summed E-state index contributed by atoms with van der Waals surface area (Å²) >= 11 is 9.94. The molecule has 0 aliphatic rings. The van der Waals surface area contributed by atoms with Crippen molar-refractivity contribution in [3.8, 4) is 17.2 Å². The third-order valence-corrected chi connectivity index (χ3v) is 5.23. The third-order valence-electron chi connectivity index (χ3n) is 3.51. The fraction of sp³-hybridized carbons (Fsp3) is 0.0526. The van der Waals surface area contributed by atoms with E-state index in [1.165, 1.54) is 12.1 Å². The first-order valence-electron chi connectivity index (χ1n) is 8.18. The van der Waals surface area contributed by atoms with Crippen LogP contribution in [0, 0.1) is 0 Å². The Bertz CT molecular complexity index is 1120. The first kappa shape index (κ1) is 21.9. The van der Waals surface area contributed by atoms with Crippen LogP contribution in [0.2, 0.25) is 5.02 Å². The molecule has 0 unspecified atom stereocenters. The molecular weight excluding hydrogens is 500 g/mol. The summed E-state index contributed by atoms with van der Waals surface area (Å²) in [7, 11) is 0. The maximum Gasteiger partial charge on any atom is 0.342 e. The number of carboxylic acid groups (broad SMARTS) is 2. The second-order valence-electron chi connectivity index (χ2n) is 5.67. The monoisotopic (exact) mass is 510 g/mol. The van der Waals surface area contributed by atoms with Crippen molar-refractivity contribution in [1.29, 1.82) is 0 Å². The van der Waals surface area contributed by atoms with Crippen molar-refractivity contribution in [2.24, 2.45) is 0 Å². The second kappa shape index (κ2) is 9.79. The van der Waals surface area contributed by atoms with Crippen molar-refractivity contribution in [3.05, 3.63) is 62.4 Å². The summed E-state index contributed by atoms with van der Waals surface area (Å²) in [5, 5.41) is 26.6. The number of nitrogens with zero attached hydrogens (tertiary/aromatic N) is 2. The minimum absolute atomic E-state index is 0.0487. The summed E-state index contributed by atoms with van der Waals surface area (Å²) in [6.45, 7) is -0.489. The fourth-order valence-electron chi connectivity index (χ4n) is 2.20. The molecular formula is C19H12BrClN2O6S. The van der Waals surface area contributed by atoms with Crippen LogP contribution < -0.4 is 4.74 Å². The molecule has 154 valence electrons. The van der Waals surface area contributed by atoms with E-state index in [1.54, 1.807) is 36.4 Å². The van der Waals surface area contributed by atoms with Gasteiger partial charge < -0.3 is 19.4 Å². The average Bonchev–Trinajstić information content (AvgIpc) is 3.15. The highest BCUT2D eigenvalue weighted by atomic mass is 79.9. The number of carboxylic acids is 2. The predicted octanol–water partition coefficient (Wildman–Crippen LogP) is 4.83. The number of ether oxygens (including phenoxy) is 1. The van der Waals surface area contributed by atoms with Crippen molar-refractivity contribution in [3.63, 3.8) is 0 Å². The minimum Gasteiger partial charge on any atom is -0.481 e. The van der Waals surface area contributed by atoms with Crippen molar-refractivity contribution in [2.45, 2.75) is 5.22 Å². The van der Waals surface area contributed by atoms with Gasteiger partial charge in [-0.2, -0.15) is 0 Å². The number of rotatable bonds is 8. The molecule has 3 rings (SSSR count). The molecule has 0 spiro atoms. The van der Waals surface area contributed by atoms with E-state index < -0.39 is 18.5 Å². The number of hydrogen-bond acceptors (Lipinski definition) is 7. The van der Waals surface area contributed by atoms with Gasteiger partial charge in [-0.25, -0.2) is 9.59 Å². The van der Waals surface area contributed by atoms with E-state index in [9.17, 15) is 14.7 Å². The molecule has 1 heterocycles. The van der Waals surface area contributed by atoms with Gasteiger partial charge in [0.15, 0.2) is 6.61 Å². The van der Waals surface area contributed by atoms with E-state index in [-0.39, 0.29) is 16.0 Å². The molecule has 8 nitrogen and oxygen atoms in total. The summed E-state index contributed by atoms with van der Waals surface area (Å²) in [6, 6.07) is 11.5. The molecule has 0 saturated carbocycles. The molecule has 0 radical (unpaired) electrons. The summed E-state index contributed by atoms with van der Waals surface area (Å²) in [4.78, 5) is 22.2. The Morgan fingerprint density at radius 3 is 2.53 bits per heavy atom. The molecule has 2 aromatic carbocycles. The zero-order valence-electron chi connectivity index (χ0n) is 14.9.